The second-order valence-electron chi connectivity index (χ2n) is 5.03. The van der Waals surface area contributed by atoms with Gasteiger partial charge in [-0.25, -0.2) is 4.39 Å². The minimum atomic E-state index is -0.323. The number of nitrogens with zero attached hydrogens (tertiary/aromatic N) is 1. The van der Waals surface area contributed by atoms with Crippen LogP contribution in [0.3, 0.4) is 0 Å². The SMILES string of the molecule is Cc1cc(F)c(Br)cc1NC(=O)C(C)N1CCNCC1. The van der Waals surface area contributed by atoms with Gasteiger partial charge in [-0.3, -0.25) is 9.69 Å². The molecule has 1 amide bonds. The van der Waals surface area contributed by atoms with Crippen LogP contribution < -0.4 is 10.6 Å². The van der Waals surface area contributed by atoms with E-state index in [9.17, 15) is 9.18 Å². The van der Waals surface area contributed by atoms with Crippen molar-refractivity contribution in [3.05, 3.63) is 28.0 Å². The number of piperazine rings is 1. The third-order valence-corrected chi connectivity index (χ3v) is 4.21. The summed E-state index contributed by atoms with van der Waals surface area (Å²) in [5.74, 6) is -0.385. The molecular formula is C14H19BrFN3O. The van der Waals surface area contributed by atoms with Crippen molar-refractivity contribution in [3.8, 4) is 0 Å². The Bertz CT molecular complexity index is 503. The molecule has 4 nitrogen and oxygen atoms in total. The lowest BCUT2D eigenvalue weighted by Gasteiger charge is -2.32. The molecule has 1 heterocycles. The molecule has 1 atom stereocenters. The van der Waals surface area contributed by atoms with Crippen molar-refractivity contribution in [1.29, 1.82) is 0 Å². The van der Waals surface area contributed by atoms with Gasteiger partial charge in [0.25, 0.3) is 0 Å². The molecule has 0 spiro atoms. The lowest BCUT2D eigenvalue weighted by atomic mass is 10.1. The van der Waals surface area contributed by atoms with Gasteiger partial charge >= 0.3 is 0 Å². The number of carbonyl (C=O) groups is 1. The molecule has 0 aliphatic carbocycles. The average Bonchev–Trinajstić information content (AvgIpc) is 2.44. The second kappa shape index (κ2) is 6.65. The summed E-state index contributed by atoms with van der Waals surface area (Å²) in [6.07, 6.45) is 0. The van der Waals surface area contributed by atoms with Crippen LogP contribution >= 0.6 is 15.9 Å². The number of nitrogens with one attached hydrogen (secondary N) is 2. The largest absolute Gasteiger partial charge is 0.324 e. The number of carbonyl (C=O) groups excluding carboxylic acids is 1. The summed E-state index contributed by atoms with van der Waals surface area (Å²) in [6, 6.07) is 2.82. The number of halogens is 2. The molecule has 110 valence electrons. The minimum absolute atomic E-state index is 0.0616. The van der Waals surface area contributed by atoms with Crippen LogP contribution in [0.2, 0.25) is 0 Å². The van der Waals surface area contributed by atoms with Crippen molar-refractivity contribution in [2.24, 2.45) is 0 Å². The topological polar surface area (TPSA) is 44.4 Å². The highest BCUT2D eigenvalue weighted by atomic mass is 79.9. The van der Waals surface area contributed by atoms with E-state index in [0.717, 1.165) is 26.2 Å². The number of hydrogen-bond acceptors (Lipinski definition) is 3. The van der Waals surface area contributed by atoms with Crippen molar-refractivity contribution >= 4 is 27.5 Å². The van der Waals surface area contributed by atoms with E-state index >= 15 is 0 Å². The highest BCUT2D eigenvalue weighted by Crippen LogP contribution is 2.24. The first-order valence-electron chi connectivity index (χ1n) is 6.70. The lowest BCUT2D eigenvalue weighted by molar-refractivity contribution is -0.120. The Labute approximate surface area is 126 Å². The van der Waals surface area contributed by atoms with Crippen LogP contribution in [0.4, 0.5) is 10.1 Å². The molecular weight excluding hydrogens is 325 g/mol. The maximum absolute atomic E-state index is 13.4. The Morgan fingerprint density at radius 2 is 2.10 bits per heavy atom. The van der Waals surface area contributed by atoms with Gasteiger partial charge in [0.05, 0.1) is 10.5 Å². The van der Waals surface area contributed by atoms with Gasteiger partial charge in [-0.1, -0.05) is 0 Å². The molecule has 0 saturated carbocycles. The summed E-state index contributed by atoms with van der Waals surface area (Å²) in [6.45, 7) is 7.20. The number of benzene rings is 1. The molecule has 1 unspecified atom stereocenters. The number of rotatable bonds is 3. The van der Waals surface area contributed by atoms with Crippen LogP contribution in [0.5, 0.6) is 0 Å². The fourth-order valence-corrected chi connectivity index (χ4v) is 2.60. The normalized spacial score (nSPS) is 17.8. The van der Waals surface area contributed by atoms with Crippen molar-refractivity contribution < 1.29 is 9.18 Å². The van der Waals surface area contributed by atoms with Gasteiger partial charge in [0.15, 0.2) is 0 Å². The van der Waals surface area contributed by atoms with Crippen LogP contribution in [0.1, 0.15) is 12.5 Å². The van der Waals surface area contributed by atoms with Gasteiger partial charge in [-0.05, 0) is 47.5 Å². The van der Waals surface area contributed by atoms with Crippen molar-refractivity contribution in [2.45, 2.75) is 19.9 Å². The van der Waals surface area contributed by atoms with Crippen LogP contribution in [-0.4, -0.2) is 43.0 Å². The van der Waals surface area contributed by atoms with Gasteiger partial charge < -0.3 is 10.6 Å². The summed E-state index contributed by atoms with van der Waals surface area (Å²) >= 11 is 3.14. The van der Waals surface area contributed by atoms with Crippen molar-refractivity contribution in [1.82, 2.24) is 10.2 Å². The minimum Gasteiger partial charge on any atom is -0.324 e. The summed E-state index contributed by atoms with van der Waals surface area (Å²) in [5, 5.41) is 6.14. The Morgan fingerprint density at radius 1 is 1.45 bits per heavy atom. The monoisotopic (exact) mass is 343 g/mol. The third kappa shape index (κ3) is 3.56. The summed E-state index contributed by atoms with van der Waals surface area (Å²) < 4.78 is 13.7. The van der Waals surface area contributed by atoms with E-state index in [-0.39, 0.29) is 17.8 Å². The fourth-order valence-electron chi connectivity index (χ4n) is 2.25. The molecule has 6 heteroatoms. The Hall–Kier alpha value is -0.980. The van der Waals surface area contributed by atoms with E-state index < -0.39 is 0 Å². The molecule has 1 aliphatic rings. The highest BCUT2D eigenvalue weighted by Gasteiger charge is 2.23. The molecule has 2 rings (SSSR count). The quantitative estimate of drug-likeness (QED) is 0.883. The smallest absolute Gasteiger partial charge is 0.241 e. The number of aryl methyl sites for hydroxylation is 1. The van der Waals surface area contributed by atoms with Gasteiger partial charge in [0.1, 0.15) is 5.82 Å². The van der Waals surface area contributed by atoms with E-state index in [1.54, 1.807) is 13.0 Å². The first-order chi connectivity index (χ1) is 9.49. The zero-order valence-corrected chi connectivity index (χ0v) is 13.3. The molecule has 0 bridgehead atoms. The Morgan fingerprint density at radius 3 is 2.75 bits per heavy atom. The van der Waals surface area contributed by atoms with Crippen molar-refractivity contribution in [3.63, 3.8) is 0 Å². The molecule has 0 radical (unpaired) electrons. The van der Waals surface area contributed by atoms with E-state index in [2.05, 4.69) is 31.5 Å². The predicted molar refractivity (Wildman–Crippen MR) is 81.4 cm³/mol. The fraction of sp³-hybridized carbons (Fsp3) is 0.500. The third-order valence-electron chi connectivity index (χ3n) is 3.60. The zero-order valence-electron chi connectivity index (χ0n) is 11.7. The second-order valence-corrected chi connectivity index (χ2v) is 5.89. The van der Waals surface area contributed by atoms with Gasteiger partial charge in [-0.2, -0.15) is 0 Å². The molecule has 1 saturated heterocycles. The maximum atomic E-state index is 13.4. The Kier molecular flexibility index (Phi) is 5.12. The molecule has 0 aromatic heterocycles. The average molecular weight is 344 g/mol. The standard InChI is InChI=1S/C14H19BrFN3O/c1-9-7-12(16)11(15)8-13(9)18-14(20)10(2)19-5-3-17-4-6-19/h7-8,10,17H,3-6H2,1-2H3,(H,18,20). The Balaban J connectivity index is 2.05. The van der Waals surface area contributed by atoms with Gasteiger partial charge in [0.2, 0.25) is 5.91 Å². The van der Waals surface area contributed by atoms with E-state index in [1.165, 1.54) is 6.07 Å². The first kappa shape index (κ1) is 15.4. The van der Waals surface area contributed by atoms with Crippen LogP contribution in [0, 0.1) is 12.7 Å². The summed E-state index contributed by atoms with van der Waals surface area (Å²) in [7, 11) is 0. The summed E-state index contributed by atoms with van der Waals surface area (Å²) in [4.78, 5) is 14.4. The molecule has 1 aromatic rings. The van der Waals surface area contributed by atoms with E-state index in [1.807, 2.05) is 6.92 Å². The number of hydrogen-bond donors (Lipinski definition) is 2. The number of anilines is 1. The first-order valence-corrected chi connectivity index (χ1v) is 7.49. The van der Waals surface area contributed by atoms with Crippen LogP contribution in [0.15, 0.2) is 16.6 Å². The number of amides is 1. The van der Waals surface area contributed by atoms with Crippen molar-refractivity contribution in [2.75, 3.05) is 31.5 Å². The maximum Gasteiger partial charge on any atom is 0.241 e. The predicted octanol–water partition coefficient (Wildman–Crippen LogP) is 2.13. The zero-order chi connectivity index (χ0) is 14.7. The van der Waals surface area contributed by atoms with Crippen LogP contribution in [-0.2, 0) is 4.79 Å². The molecule has 1 aromatic carbocycles. The lowest BCUT2D eigenvalue weighted by Crippen LogP contribution is -2.51. The van der Waals surface area contributed by atoms with Crippen LogP contribution in [0.25, 0.3) is 0 Å². The van der Waals surface area contributed by atoms with Gasteiger partial charge in [0, 0.05) is 31.9 Å². The molecule has 2 N–H and O–H groups in total. The summed E-state index contributed by atoms with van der Waals surface area (Å²) in [5.41, 5.74) is 1.36. The molecule has 1 fully saturated rings. The highest BCUT2D eigenvalue weighted by molar-refractivity contribution is 9.10. The van der Waals surface area contributed by atoms with E-state index in [4.69, 9.17) is 0 Å². The molecule has 1 aliphatic heterocycles. The van der Waals surface area contributed by atoms with E-state index in [0.29, 0.717) is 15.7 Å². The van der Waals surface area contributed by atoms with Gasteiger partial charge in [-0.15, -0.1) is 0 Å². The molecule has 20 heavy (non-hydrogen) atoms.